The molecule has 6 heteroatoms. The van der Waals surface area contributed by atoms with Crippen molar-refractivity contribution in [3.63, 3.8) is 0 Å². The monoisotopic (exact) mass is 812 g/mol. The molecule has 8 aromatic rings. The Morgan fingerprint density at radius 1 is 0.242 bits per heavy atom. The van der Waals surface area contributed by atoms with E-state index < -0.39 is 0 Å². The Morgan fingerprint density at radius 3 is 0.613 bits per heavy atom. The van der Waals surface area contributed by atoms with Crippen molar-refractivity contribution in [2.75, 3.05) is 38.2 Å². The fourth-order valence-electron chi connectivity index (χ4n) is 7.25. The van der Waals surface area contributed by atoms with Crippen LogP contribution in [-0.4, -0.2) is 28.4 Å². The Labute approximate surface area is 364 Å². The molecule has 0 saturated carbocycles. The molecule has 0 radical (unpaired) electrons. The standard InChI is InChI=1S/C56H48N2O4/c1-59-53-33-25-49(26-34-53)57(50-27-35-54(60-2)36-28-50)47-21-13-43(14-22-47)7-5-41-9-17-45(18-10-41)46-19-11-42(12-20-46)6-8-44-15-23-48(24-16-44)58(51-29-37-55(61-3)38-30-51)52-31-39-56(62-4)40-32-52/h5-40H,1-4H3. The number of hydrogen-bond acceptors (Lipinski definition) is 6. The van der Waals surface area contributed by atoms with Crippen LogP contribution in [0.2, 0.25) is 0 Å². The number of ether oxygens (including phenoxy) is 4. The van der Waals surface area contributed by atoms with Crippen molar-refractivity contribution < 1.29 is 18.9 Å². The summed E-state index contributed by atoms with van der Waals surface area (Å²) < 4.78 is 21.6. The first-order chi connectivity index (χ1) is 30.5. The predicted octanol–water partition coefficient (Wildman–Crippen LogP) is 14.7. The van der Waals surface area contributed by atoms with Crippen LogP contribution in [0.1, 0.15) is 22.3 Å². The zero-order chi connectivity index (χ0) is 42.7. The van der Waals surface area contributed by atoms with Crippen LogP contribution in [0.4, 0.5) is 34.1 Å². The summed E-state index contributed by atoms with van der Waals surface area (Å²) in [6.07, 6.45) is 8.60. The lowest BCUT2D eigenvalue weighted by Gasteiger charge is -2.26. The molecule has 8 aromatic carbocycles. The maximum Gasteiger partial charge on any atom is 0.119 e. The van der Waals surface area contributed by atoms with Gasteiger partial charge in [0.2, 0.25) is 0 Å². The molecule has 0 aromatic heterocycles. The van der Waals surface area contributed by atoms with Gasteiger partial charge in [0.25, 0.3) is 0 Å². The molecule has 6 nitrogen and oxygen atoms in total. The number of nitrogens with zero attached hydrogens (tertiary/aromatic N) is 2. The molecule has 0 fully saturated rings. The summed E-state index contributed by atoms with van der Waals surface area (Å²) in [7, 11) is 6.72. The van der Waals surface area contributed by atoms with E-state index >= 15 is 0 Å². The van der Waals surface area contributed by atoms with Crippen LogP contribution in [0.5, 0.6) is 23.0 Å². The van der Waals surface area contributed by atoms with E-state index in [0.717, 1.165) is 79.4 Å². The van der Waals surface area contributed by atoms with E-state index in [1.807, 2.05) is 48.5 Å². The first-order valence-electron chi connectivity index (χ1n) is 20.4. The highest BCUT2D eigenvalue weighted by molar-refractivity contribution is 5.81. The van der Waals surface area contributed by atoms with E-state index in [4.69, 9.17) is 18.9 Å². The molecule has 8 rings (SSSR count). The molecule has 0 saturated heterocycles. The zero-order valence-electron chi connectivity index (χ0n) is 35.3. The van der Waals surface area contributed by atoms with E-state index in [0.29, 0.717) is 0 Å². The largest absolute Gasteiger partial charge is 0.497 e. The molecule has 0 amide bonds. The Morgan fingerprint density at radius 2 is 0.419 bits per heavy atom. The molecule has 0 aliphatic carbocycles. The molecule has 0 unspecified atom stereocenters. The smallest absolute Gasteiger partial charge is 0.119 e. The minimum atomic E-state index is 0.818. The van der Waals surface area contributed by atoms with Crippen LogP contribution in [0.3, 0.4) is 0 Å². The lowest BCUT2D eigenvalue weighted by Crippen LogP contribution is -2.09. The molecule has 0 aliphatic heterocycles. The summed E-state index contributed by atoms with van der Waals surface area (Å²) in [6.45, 7) is 0. The van der Waals surface area contributed by atoms with Gasteiger partial charge < -0.3 is 28.7 Å². The summed E-state index contributed by atoms with van der Waals surface area (Å²) in [5.74, 6) is 3.27. The summed E-state index contributed by atoms with van der Waals surface area (Å²) in [4.78, 5) is 4.44. The average Bonchev–Trinajstić information content (AvgIpc) is 3.35. The topological polar surface area (TPSA) is 43.4 Å². The van der Waals surface area contributed by atoms with Crippen LogP contribution in [0.25, 0.3) is 35.4 Å². The maximum atomic E-state index is 5.41. The van der Waals surface area contributed by atoms with Gasteiger partial charge in [-0.2, -0.15) is 0 Å². The molecule has 306 valence electrons. The quantitative estimate of drug-likeness (QED) is 0.0961. The molecule has 0 aliphatic rings. The lowest BCUT2D eigenvalue weighted by atomic mass is 10.0. The first-order valence-corrected chi connectivity index (χ1v) is 20.4. The molecule has 0 heterocycles. The van der Waals surface area contributed by atoms with Gasteiger partial charge in [0.1, 0.15) is 23.0 Å². The van der Waals surface area contributed by atoms with E-state index in [-0.39, 0.29) is 0 Å². The second-order valence-corrected chi connectivity index (χ2v) is 14.6. The molecule has 0 atom stereocenters. The second-order valence-electron chi connectivity index (χ2n) is 14.6. The van der Waals surface area contributed by atoms with Gasteiger partial charge in [-0.25, -0.2) is 0 Å². The van der Waals surface area contributed by atoms with Crippen molar-refractivity contribution in [3.05, 3.63) is 216 Å². The molecule has 0 spiro atoms. The highest BCUT2D eigenvalue weighted by Crippen LogP contribution is 2.38. The van der Waals surface area contributed by atoms with Crippen LogP contribution in [0, 0.1) is 0 Å². The highest BCUT2D eigenvalue weighted by Gasteiger charge is 2.14. The van der Waals surface area contributed by atoms with Gasteiger partial charge in [0.05, 0.1) is 28.4 Å². The first kappa shape index (κ1) is 40.8. The van der Waals surface area contributed by atoms with Gasteiger partial charge in [-0.1, -0.05) is 97.1 Å². The van der Waals surface area contributed by atoms with Crippen molar-refractivity contribution in [1.29, 1.82) is 0 Å². The van der Waals surface area contributed by atoms with Crippen molar-refractivity contribution in [3.8, 4) is 34.1 Å². The highest BCUT2D eigenvalue weighted by atomic mass is 16.5. The Kier molecular flexibility index (Phi) is 12.8. The van der Waals surface area contributed by atoms with E-state index in [9.17, 15) is 0 Å². The van der Waals surface area contributed by atoms with Gasteiger partial charge in [0.15, 0.2) is 0 Å². The van der Waals surface area contributed by atoms with Crippen molar-refractivity contribution in [2.45, 2.75) is 0 Å². The maximum absolute atomic E-state index is 5.41. The van der Waals surface area contributed by atoms with Gasteiger partial charge in [-0.05, 0) is 155 Å². The third kappa shape index (κ3) is 9.73. The van der Waals surface area contributed by atoms with Crippen molar-refractivity contribution in [2.24, 2.45) is 0 Å². The Balaban J connectivity index is 0.909. The lowest BCUT2D eigenvalue weighted by molar-refractivity contribution is 0.414. The molecule has 0 bridgehead atoms. The fourth-order valence-corrected chi connectivity index (χ4v) is 7.25. The molecular weight excluding hydrogens is 765 g/mol. The van der Waals surface area contributed by atoms with Crippen LogP contribution < -0.4 is 28.7 Å². The summed E-state index contributed by atoms with van der Waals surface area (Å²) in [5, 5.41) is 0. The number of anilines is 6. The predicted molar refractivity (Wildman–Crippen MR) is 258 cm³/mol. The van der Waals surface area contributed by atoms with Gasteiger partial charge >= 0.3 is 0 Å². The normalized spacial score (nSPS) is 11.1. The third-order valence-corrected chi connectivity index (χ3v) is 10.7. The Hall–Kier alpha value is -7.96. The van der Waals surface area contributed by atoms with Crippen molar-refractivity contribution >= 4 is 58.4 Å². The van der Waals surface area contributed by atoms with E-state index in [2.05, 4.69) is 180 Å². The number of methoxy groups -OCH3 is 4. The minimum absolute atomic E-state index is 0.818. The van der Waals surface area contributed by atoms with Crippen LogP contribution in [-0.2, 0) is 0 Å². The van der Waals surface area contributed by atoms with Gasteiger partial charge in [-0.15, -0.1) is 0 Å². The second kappa shape index (κ2) is 19.4. The number of rotatable bonds is 15. The van der Waals surface area contributed by atoms with Crippen LogP contribution >= 0.6 is 0 Å². The van der Waals surface area contributed by atoms with Crippen LogP contribution in [0.15, 0.2) is 194 Å². The summed E-state index contributed by atoms with van der Waals surface area (Å²) >= 11 is 0. The van der Waals surface area contributed by atoms with Gasteiger partial charge in [-0.3, -0.25) is 0 Å². The molecular formula is C56H48N2O4. The van der Waals surface area contributed by atoms with Gasteiger partial charge in [0, 0.05) is 34.1 Å². The zero-order valence-corrected chi connectivity index (χ0v) is 35.3. The van der Waals surface area contributed by atoms with E-state index in [1.165, 1.54) is 11.1 Å². The summed E-state index contributed by atoms with van der Waals surface area (Å²) in [5.41, 5.74) is 13.1. The third-order valence-electron chi connectivity index (χ3n) is 10.7. The fraction of sp³-hybridized carbons (Fsp3) is 0.0714. The minimum Gasteiger partial charge on any atom is -0.497 e. The number of benzene rings is 8. The average molecular weight is 813 g/mol. The SMILES string of the molecule is COc1ccc(N(c2ccc(C=Cc3ccc(-c4ccc(C=Cc5ccc(N(c6ccc(OC)cc6)c6ccc(OC)cc6)cc5)cc4)cc3)cc2)c2ccc(OC)cc2)cc1. The summed E-state index contributed by atoms with van der Waals surface area (Å²) in [6, 6.07) is 66.9. The number of hydrogen-bond donors (Lipinski definition) is 0. The van der Waals surface area contributed by atoms with Crippen molar-refractivity contribution in [1.82, 2.24) is 0 Å². The van der Waals surface area contributed by atoms with E-state index in [1.54, 1.807) is 28.4 Å². The molecule has 0 N–H and O–H groups in total. The molecule has 62 heavy (non-hydrogen) atoms. The Bertz CT molecular complexity index is 2420.